The van der Waals surface area contributed by atoms with Gasteiger partial charge in [-0.1, -0.05) is 11.3 Å². The highest BCUT2D eigenvalue weighted by Crippen LogP contribution is 2.34. The van der Waals surface area contributed by atoms with Crippen molar-refractivity contribution in [1.82, 2.24) is 4.98 Å². The number of thiazole rings is 1. The first-order valence-electron chi connectivity index (χ1n) is 4.97. The van der Waals surface area contributed by atoms with Gasteiger partial charge in [-0.2, -0.15) is 0 Å². The molecule has 0 fully saturated rings. The van der Waals surface area contributed by atoms with E-state index in [2.05, 4.69) is 10.1 Å². The van der Waals surface area contributed by atoms with Crippen molar-refractivity contribution in [2.45, 2.75) is 6.92 Å². The molecule has 5 N–H and O–H groups in total. The predicted molar refractivity (Wildman–Crippen MR) is 70.4 cm³/mol. The van der Waals surface area contributed by atoms with Crippen molar-refractivity contribution in [2.75, 3.05) is 11.7 Å². The number of nitrogens with two attached hydrogens (primary N) is 2. The van der Waals surface area contributed by atoms with E-state index >= 15 is 0 Å². The van der Waals surface area contributed by atoms with Crippen LogP contribution in [0.1, 0.15) is 6.92 Å². The van der Waals surface area contributed by atoms with Crippen LogP contribution in [0.3, 0.4) is 0 Å². The highest BCUT2D eigenvalue weighted by atomic mass is 32.1. The molecule has 0 aliphatic carbocycles. The lowest BCUT2D eigenvalue weighted by Crippen LogP contribution is -2.12. The lowest BCUT2D eigenvalue weighted by Gasteiger charge is -2.04. The molecular weight excluding hydrogens is 259 g/mol. The smallest absolute Gasteiger partial charge is 0.299 e. The first-order chi connectivity index (χ1) is 7.98. The summed E-state index contributed by atoms with van der Waals surface area (Å²) in [7, 11) is -3.30. The Morgan fingerprint density at radius 1 is 1.53 bits per heavy atom. The Morgan fingerprint density at radius 2 is 2.29 bits per heavy atom. The number of rotatable bonds is 4. The number of benzene rings is 1. The minimum Gasteiger partial charge on any atom is -0.494 e. The fourth-order valence-electron chi connectivity index (χ4n) is 1.36. The Hall–Kier alpha value is -1.14. The van der Waals surface area contributed by atoms with Gasteiger partial charge < -0.3 is 4.74 Å². The maximum absolute atomic E-state index is 11.2. The minimum absolute atomic E-state index is 0.446. The molecule has 2 rings (SSSR count). The Balaban J connectivity index is 2.33. The van der Waals surface area contributed by atoms with Gasteiger partial charge >= 0.3 is 0 Å². The maximum Gasteiger partial charge on any atom is 0.299 e. The second kappa shape index (κ2) is 4.62. The van der Waals surface area contributed by atoms with Crippen LogP contribution < -0.4 is 20.8 Å². The number of fused-ring (bicyclic) bond motifs is 1. The number of anilines is 1. The number of aromatic nitrogens is 1. The van der Waals surface area contributed by atoms with Crippen molar-refractivity contribution in [3.63, 3.8) is 0 Å². The molecule has 17 heavy (non-hydrogen) atoms. The zero-order valence-electron chi connectivity index (χ0n) is 9.21. The highest BCUT2D eigenvalue weighted by molar-refractivity contribution is 7.61. The molecule has 0 bridgehead atoms. The molecule has 0 amide bonds. The Kier molecular flexibility index (Phi) is 3.35. The van der Waals surface area contributed by atoms with Gasteiger partial charge in [-0.05, 0) is 25.1 Å². The monoisotopic (exact) mass is 272 g/mol. The molecule has 1 aromatic heterocycles. The van der Waals surface area contributed by atoms with E-state index in [0.29, 0.717) is 11.7 Å². The van der Waals surface area contributed by atoms with Gasteiger partial charge in [0, 0.05) is 0 Å². The van der Waals surface area contributed by atoms with Crippen molar-refractivity contribution in [3.8, 4) is 5.75 Å². The van der Waals surface area contributed by atoms with Crippen molar-refractivity contribution >= 4 is 34.3 Å². The Morgan fingerprint density at radius 3 is 2.94 bits per heavy atom. The summed E-state index contributed by atoms with van der Waals surface area (Å²) >= 11 is 1.33. The molecule has 0 unspecified atom stereocenters. The van der Waals surface area contributed by atoms with Crippen LogP contribution in [0, 0.1) is 0 Å². The molecule has 1 heterocycles. The largest absolute Gasteiger partial charge is 0.494 e. The molecule has 0 saturated heterocycles. The van der Waals surface area contributed by atoms with E-state index in [0.717, 1.165) is 16.0 Å². The zero-order chi connectivity index (χ0) is 12.5. The van der Waals surface area contributed by atoms with Crippen LogP contribution >= 0.6 is 18.9 Å². The first-order valence-corrected chi connectivity index (χ1v) is 7.63. The van der Waals surface area contributed by atoms with E-state index < -0.39 is 7.59 Å². The normalized spacial score (nSPS) is 11.7. The van der Waals surface area contributed by atoms with Gasteiger partial charge in [-0.25, -0.2) is 4.98 Å². The molecule has 0 radical (unpaired) electrons. The summed E-state index contributed by atoms with van der Waals surface area (Å²) in [4.78, 5) is 4.22. The zero-order valence-corrected chi connectivity index (χ0v) is 10.9. The fraction of sp³-hybridized carbons (Fsp3) is 0.222. The van der Waals surface area contributed by atoms with E-state index in [-0.39, 0.29) is 0 Å². The lowest BCUT2D eigenvalue weighted by atomic mass is 10.3. The summed E-state index contributed by atoms with van der Waals surface area (Å²) in [6.45, 7) is 2.53. The van der Waals surface area contributed by atoms with Gasteiger partial charge in [0.05, 0.1) is 16.8 Å². The predicted octanol–water partition coefficient (Wildman–Crippen LogP) is 2.13. The van der Waals surface area contributed by atoms with E-state index in [1.54, 1.807) is 0 Å². The van der Waals surface area contributed by atoms with E-state index in [1.807, 2.05) is 25.1 Å². The van der Waals surface area contributed by atoms with Crippen LogP contribution in [0.15, 0.2) is 18.2 Å². The molecule has 8 heteroatoms. The maximum atomic E-state index is 11.2. The number of nitrogens with zero attached hydrogens (tertiary/aromatic N) is 1. The van der Waals surface area contributed by atoms with Crippen LogP contribution in [0.5, 0.6) is 5.75 Å². The van der Waals surface area contributed by atoms with Crippen LogP contribution in [-0.4, -0.2) is 11.6 Å². The summed E-state index contributed by atoms with van der Waals surface area (Å²) < 4.78 is 17.5. The average molecular weight is 272 g/mol. The van der Waals surface area contributed by atoms with Crippen LogP contribution in [0.2, 0.25) is 0 Å². The van der Waals surface area contributed by atoms with E-state index in [4.69, 9.17) is 15.7 Å². The first kappa shape index (κ1) is 12.3. The highest BCUT2D eigenvalue weighted by Gasteiger charge is 2.12. The molecule has 0 saturated carbocycles. The Bertz CT molecular complexity index is 579. The lowest BCUT2D eigenvalue weighted by molar-refractivity contribution is 0.341. The van der Waals surface area contributed by atoms with Gasteiger partial charge in [-0.15, -0.1) is 0 Å². The van der Waals surface area contributed by atoms with Crippen molar-refractivity contribution in [1.29, 1.82) is 0 Å². The van der Waals surface area contributed by atoms with Crippen LogP contribution in [-0.2, 0) is 4.57 Å². The molecular formula is C9H13N4O2PS. The second-order valence-corrected chi connectivity index (χ2v) is 6.08. The van der Waals surface area contributed by atoms with E-state index in [9.17, 15) is 4.57 Å². The molecule has 2 aromatic rings. The third kappa shape index (κ3) is 3.17. The molecule has 0 aliphatic rings. The quantitative estimate of drug-likeness (QED) is 0.737. The SMILES string of the molecule is CCOc1ccc2nc(NP(N)(N)=O)sc2c1. The number of hydrogen-bond donors (Lipinski definition) is 3. The average Bonchev–Trinajstić information content (AvgIpc) is 2.56. The molecule has 92 valence electrons. The minimum atomic E-state index is -3.30. The molecule has 0 atom stereocenters. The molecule has 1 aromatic carbocycles. The summed E-state index contributed by atoms with van der Waals surface area (Å²) in [5.41, 5.74) is 11.2. The van der Waals surface area contributed by atoms with Crippen LogP contribution in [0.4, 0.5) is 5.13 Å². The van der Waals surface area contributed by atoms with Gasteiger partial charge in [0.2, 0.25) is 0 Å². The van der Waals surface area contributed by atoms with Gasteiger partial charge in [0.15, 0.2) is 5.13 Å². The molecule has 0 spiro atoms. The summed E-state index contributed by atoms with van der Waals surface area (Å²) in [5.74, 6) is 0.777. The van der Waals surface area contributed by atoms with Gasteiger partial charge in [-0.3, -0.25) is 20.7 Å². The van der Waals surface area contributed by atoms with Gasteiger partial charge in [0.1, 0.15) is 5.75 Å². The topological polar surface area (TPSA) is 103 Å². The summed E-state index contributed by atoms with van der Waals surface area (Å²) in [6.07, 6.45) is 0. The number of nitrogens with one attached hydrogen (secondary N) is 1. The molecule has 6 nitrogen and oxygen atoms in total. The third-order valence-electron chi connectivity index (χ3n) is 1.94. The van der Waals surface area contributed by atoms with Crippen molar-refractivity contribution in [2.24, 2.45) is 11.0 Å². The Labute approximate surface area is 103 Å². The standard InChI is InChI=1S/C9H13N4O2PS/c1-2-15-6-3-4-7-8(5-6)17-9(12-7)13-16(10,11)14/h3-5H,2H2,1H3,(H5,10,11,12,13,14). The number of ether oxygens (including phenoxy) is 1. The summed E-state index contributed by atoms with van der Waals surface area (Å²) in [6, 6.07) is 5.54. The van der Waals surface area contributed by atoms with E-state index in [1.165, 1.54) is 11.3 Å². The second-order valence-electron chi connectivity index (χ2n) is 3.40. The van der Waals surface area contributed by atoms with Crippen molar-refractivity contribution in [3.05, 3.63) is 18.2 Å². The number of hydrogen-bond acceptors (Lipinski definition) is 4. The van der Waals surface area contributed by atoms with Crippen LogP contribution in [0.25, 0.3) is 10.2 Å². The van der Waals surface area contributed by atoms with Crippen molar-refractivity contribution < 1.29 is 9.30 Å². The van der Waals surface area contributed by atoms with Gasteiger partial charge in [0.25, 0.3) is 7.59 Å². The molecule has 0 aliphatic heterocycles. The summed E-state index contributed by atoms with van der Waals surface area (Å²) in [5, 5.41) is 2.95. The fourth-order valence-corrected chi connectivity index (χ4v) is 3.06. The third-order valence-corrected chi connectivity index (χ3v) is 3.59.